The number of nitrogens with zero attached hydrogens (tertiary/aromatic N) is 3. The van der Waals surface area contributed by atoms with Crippen molar-refractivity contribution in [3.05, 3.63) is 99.7 Å². The Morgan fingerprint density at radius 3 is 2.41 bits per heavy atom. The number of methoxy groups -OCH3 is 2. The molecule has 9 heteroatoms. The largest absolute Gasteiger partial charge is 0.496 e. The van der Waals surface area contributed by atoms with Gasteiger partial charge in [0.25, 0.3) is 0 Å². The van der Waals surface area contributed by atoms with E-state index >= 15 is 0 Å². The Morgan fingerprint density at radius 2 is 1.65 bits per heavy atom. The minimum absolute atomic E-state index is 0.0858. The molecule has 4 aromatic carbocycles. The van der Waals surface area contributed by atoms with Crippen LogP contribution in [-0.2, 0) is 19.6 Å². The van der Waals surface area contributed by atoms with Gasteiger partial charge in [0, 0.05) is 58.8 Å². The van der Waals surface area contributed by atoms with Crippen LogP contribution in [0.3, 0.4) is 0 Å². The molecule has 0 spiro atoms. The van der Waals surface area contributed by atoms with Crippen LogP contribution in [0.25, 0.3) is 33.2 Å². The van der Waals surface area contributed by atoms with Crippen molar-refractivity contribution < 1.29 is 14.6 Å². The van der Waals surface area contributed by atoms with Crippen LogP contribution in [0.1, 0.15) is 30.0 Å². The lowest BCUT2D eigenvalue weighted by Gasteiger charge is -2.19. The Kier molecular flexibility index (Phi) is 10.2. The van der Waals surface area contributed by atoms with Gasteiger partial charge in [-0.15, -0.1) is 0 Å². The quantitative estimate of drug-likeness (QED) is 0.134. The summed E-state index contributed by atoms with van der Waals surface area (Å²) >= 11 is 14.0. The summed E-state index contributed by atoms with van der Waals surface area (Å²) in [5, 5.41) is 19.5. The molecule has 5 aromatic rings. The van der Waals surface area contributed by atoms with Gasteiger partial charge >= 0.3 is 0 Å². The maximum Gasteiger partial charge on any atom is 0.123 e. The summed E-state index contributed by atoms with van der Waals surface area (Å²) < 4.78 is 13.5. The van der Waals surface area contributed by atoms with E-state index in [1.807, 2.05) is 53.3 Å². The van der Waals surface area contributed by atoms with E-state index in [1.165, 1.54) is 6.42 Å². The lowest BCUT2D eigenvalue weighted by atomic mass is 9.96. The molecule has 0 bridgehead atoms. The van der Waals surface area contributed by atoms with Crippen LogP contribution in [0, 0.1) is 5.92 Å². The highest BCUT2D eigenvalue weighted by Gasteiger charge is 2.21. The van der Waals surface area contributed by atoms with Crippen LogP contribution in [0.15, 0.2) is 72.9 Å². The smallest absolute Gasteiger partial charge is 0.123 e. The van der Waals surface area contributed by atoms with E-state index in [0.29, 0.717) is 29.7 Å². The maximum atomic E-state index is 9.11. The monoisotopic (exact) mass is 658 g/mol. The van der Waals surface area contributed by atoms with E-state index in [2.05, 4.69) is 41.4 Å². The number of hydrogen-bond donors (Lipinski definition) is 2. The molecule has 46 heavy (non-hydrogen) atoms. The first-order valence-electron chi connectivity index (χ1n) is 15.7. The fraction of sp³-hybridized carbons (Fsp3) is 0.324. The number of aliphatic hydroxyl groups is 1. The third kappa shape index (κ3) is 6.75. The highest BCUT2D eigenvalue weighted by atomic mass is 35.5. The third-order valence-corrected chi connectivity index (χ3v) is 9.61. The standard InChI is InChI=1S/C37H40Cl2N4O3/c1-24-12-14-42(21-24)22-28-16-33(38)27(18-36(28)46-3)23-43-34-9-5-7-30(32(34)20-41-43)31-8-4-6-29(37(31)39)25-10-11-26(19-40-13-15-44)35(17-25)45-2/h4-11,16-18,20,24,40,44H,12-15,19,21-23H2,1-3H3/t24-/m1/s1. The molecule has 7 nitrogen and oxygen atoms in total. The Hall–Kier alpha value is -3.59. The molecule has 1 atom stereocenters. The zero-order valence-corrected chi connectivity index (χ0v) is 28.0. The summed E-state index contributed by atoms with van der Waals surface area (Å²) in [5.41, 5.74) is 7.88. The van der Waals surface area contributed by atoms with Gasteiger partial charge in [-0.1, -0.05) is 72.6 Å². The van der Waals surface area contributed by atoms with Crippen molar-refractivity contribution in [2.45, 2.75) is 33.0 Å². The predicted molar refractivity (Wildman–Crippen MR) is 187 cm³/mol. The second-order valence-electron chi connectivity index (χ2n) is 12.0. The van der Waals surface area contributed by atoms with Crippen molar-refractivity contribution in [3.8, 4) is 33.8 Å². The third-order valence-electron chi connectivity index (χ3n) is 8.85. The van der Waals surface area contributed by atoms with E-state index in [4.69, 9.17) is 42.9 Å². The summed E-state index contributed by atoms with van der Waals surface area (Å²) in [6.07, 6.45) is 3.13. The topological polar surface area (TPSA) is 71.8 Å². The molecular weight excluding hydrogens is 619 g/mol. The van der Waals surface area contributed by atoms with Crippen molar-refractivity contribution in [1.82, 2.24) is 20.0 Å². The lowest BCUT2D eigenvalue weighted by Crippen LogP contribution is -2.20. The summed E-state index contributed by atoms with van der Waals surface area (Å²) in [5.74, 6) is 2.34. The number of benzene rings is 4. The molecule has 1 aliphatic heterocycles. The Bertz CT molecular complexity index is 1840. The van der Waals surface area contributed by atoms with Crippen LogP contribution < -0.4 is 14.8 Å². The highest BCUT2D eigenvalue weighted by molar-refractivity contribution is 6.36. The minimum atomic E-state index is 0.0858. The van der Waals surface area contributed by atoms with E-state index in [9.17, 15) is 0 Å². The molecule has 1 aliphatic rings. The van der Waals surface area contributed by atoms with Crippen LogP contribution in [-0.4, -0.2) is 60.2 Å². The zero-order valence-electron chi connectivity index (χ0n) is 26.5. The molecule has 1 aromatic heterocycles. The van der Waals surface area contributed by atoms with Gasteiger partial charge in [-0.2, -0.15) is 5.10 Å². The second kappa shape index (κ2) is 14.4. The number of aliphatic hydroxyl groups excluding tert-OH is 1. The molecule has 0 amide bonds. The van der Waals surface area contributed by atoms with Crippen LogP contribution in [0.5, 0.6) is 11.5 Å². The number of likely N-dealkylation sites (tertiary alicyclic amines) is 1. The van der Waals surface area contributed by atoms with Crippen molar-refractivity contribution in [1.29, 1.82) is 0 Å². The normalized spacial score (nSPS) is 15.1. The van der Waals surface area contributed by atoms with Gasteiger partial charge in [0.15, 0.2) is 0 Å². The molecule has 0 unspecified atom stereocenters. The Morgan fingerprint density at radius 1 is 0.891 bits per heavy atom. The second-order valence-corrected chi connectivity index (χ2v) is 12.8. The summed E-state index contributed by atoms with van der Waals surface area (Å²) in [6, 6.07) is 22.5. The minimum Gasteiger partial charge on any atom is -0.496 e. The van der Waals surface area contributed by atoms with Gasteiger partial charge in [0.1, 0.15) is 11.5 Å². The number of halogens is 2. The van der Waals surface area contributed by atoms with Gasteiger partial charge in [-0.05, 0) is 59.8 Å². The van der Waals surface area contributed by atoms with Crippen molar-refractivity contribution >= 4 is 34.1 Å². The molecule has 2 N–H and O–H groups in total. The fourth-order valence-electron chi connectivity index (χ4n) is 6.43. The first kappa shape index (κ1) is 32.4. The lowest BCUT2D eigenvalue weighted by molar-refractivity contribution is 0.291. The summed E-state index contributed by atoms with van der Waals surface area (Å²) in [7, 11) is 3.38. The van der Waals surface area contributed by atoms with E-state index in [-0.39, 0.29) is 6.61 Å². The van der Waals surface area contributed by atoms with E-state index in [0.717, 1.165) is 86.9 Å². The molecule has 0 radical (unpaired) electrons. The van der Waals surface area contributed by atoms with Crippen LogP contribution >= 0.6 is 23.2 Å². The SMILES string of the molecule is COc1cc(-c2cccc(-c3cccc4c3cnn4Cc3cc(OC)c(CN4CC[C@@H](C)C4)cc3Cl)c2Cl)ccc1CNCCO. The summed E-state index contributed by atoms with van der Waals surface area (Å²) in [4.78, 5) is 2.46. The van der Waals surface area contributed by atoms with Gasteiger partial charge in [0.05, 0.1) is 44.1 Å². The van der Waals surface area contributed by atoms with Crippen molar-refractivity contribution in [2.24, 2.45) is 5.92 Å². The molecule has 2 heterocycles. The first-order valence-corrected chi connectivity index (χ1v) is 16.5. The number of hydrogen-bond acceptors (Lipinski definition) is 6. The van der Waals surface area contributed by atoms with Gasteiger partial charge in [-0.25, -0.2) is 0 Å². The average Bonchev–Trinajstić information content (AvgIpc) is 3.68. The molecule has 0 aliphatic carbocycles. The molecule has 1 saturated heterocycles. The van der Waals surface area contributed by atoms with E-state index in [1.54, 1.807) is 14.2 Å². The first-order chi connectivity index (χ1) is 22.4. The van der Waals surface area contributed by atoms with Gasteiger partial charge in [0.2, 0.25) is 0 Å². The molecule has 0 saturated carbocycles. The number of nitrogens with one attached hydrogen (secondary N) is 1. The summed E-state index contributed by atoms with van der Waals surface area (Å²) in [6.45, 7) is 7.05. The average molecular weight is 660 g/mol. The molecular formula is C37H40Cl2N4O3. The highest BCUT2D eigenvalue weighted by Crippen LogP contribution is 2.40. The molecule has 240 valence electrons. The van der Waals surface area contributed by atoms with Crippen LogP contribution in [0.2, 0.25) is 10.0 Å². The molecule has 1 fully saturated rings. The van der Waals surface area contributed by atoms with Crippen molar-refractivity contribution in [3.63, 3.8) is 0 Å². The zero-order chi connectivity index (χ0) is 32.2. The van der Waals surface area contributed by atoms with Gasteiger partial charge in [-0.3, -0.25) is 9.58 Å². The van der Waals surface area contributed by atoms with Gasteiger partial charge < -0.3 is 19.9 Å². The maximum absolute atomic E-state index is 9.11. The van der Waals surface area contributed by atoms with Crippen molar-refractivity contribution in [2.75, 3.05) is 40.5 Å². The van der Waals surface area contributed by atoms with E-state index < -0.39 is 0 Å². The number of fused-ring (bicyclic) bond motifs is 1. The Labute approximate surface area is 280 Å². The Balaban J connectivity index is 1.29. The number of ether oxygens (including phenoxy) is 2. The number of aromatic nitrogens is 2. The van der Waals surface area contributed by atoms with Crippen LogP contribution in [0.4, 0.5) is 0 Å². The number of rotatable bonds is 12. The molecule has 6 rings (SSSR count). The fourth-order valence-corrected chi connectivity index (χ4v) is 7.01. The predicted octanol–water partition coefficient (Wildman–Crippen LogP) is 7.67.